The number of hydrogen-bond donors (Lipinski definition) is 2. The SMILES string of the molecule is CCS(=O)(=O)CCNc1cc(C(=O)N(C)C)ccc1N. The van der Waals surface area contributed by atoms with E-state index in [0.717, 1.165) is 0 Å². The van der Waals surface area contributed by atoms with Crippen LogP contribution in [-0.2, 0) is 9.84 Å². The molecule has 0 aliphatic heterocycles. The van der Waals surface area contributed by atoms with E-state index in [1.807, 2.05) is 0 Å². The van der Waals surface area contributed by atoms with Gasteiger partial charge in [0.25, 0.3) is 5.91 Å². The van der Waals surface area contributed by atoms with Crippen LogP contribution in [0.25, 0.3) is 0 Å². The summed E-state index contributed by atoms with van der Waals surface area (Å²) in [4.78, 5) is 13.3. The second-order valence-electron chi connectivity index (χ2n) is 4.66. The summed E-state index contributed by atoms with van der Waals surface area (Å²) in [7, 11) is 0.312. The van der Waals surface area contributed by atoms with Crippen molar-refractivity contribution in [2.75, 3.05) is 43.2 Å². The fraction of sp³-hybridized carbons (Fsp3) is 0.462. The van der Waals surface area contributed by atoms with Gasteiger partial charge in [-0.15, -0.1) is 0 Å². The first kappa shape index (κ1) is 16.3. The molecule has 7 heteroatoms. The molecule has 0 radical (unpaired) electrons. The van der Waals surface area contributed by atoms with Crippen LogP contribution in [0.4, 0.5) is 11.4 Å². The highest BCUT2D eigenvalue weighted by Gasteiger charge is 2.11. The zero-order chi connectivity index (χ0) is 15.3. The minimum Gasteiger partial charge on any atom is -0.397 e. The standard InChI is InChI=1S/C13H21N3O3S/c1-4-20(18,19)8-7-15-12-9-10(5-6-11(12)14)13(17)16(2)3/h5-6,9,15H,4,7-8,14H2,1-3H3. The number of benzene rings is 1. The van der Waals surface area contributed by atoms with E-state index in [9.17, 15) is 13.2 Å². The van der Waals surface area contributed by atoms with Gasteiger partial charge in [0.15, 0.2) is 9.84 Å². The molecule has 112 valence electrons. The van der Waals surface area contributed by atoms with E-state index < -0.39 is 9.84 Å². The van der Waals surface area contributed by atoms with E-state index in [2.05, 4.69) is 5.32 Å². The number of sulfone groups is 1. The van der Waals surface area contributed by atoms with Gasteiger partial charge in [0.05, 0.1) is 17.1 Å². The Balaban J connectivity index is 2.80. The molecule has 1 aromatic carbocycles. The van der Waals surface area contributed by atoms with Crippen molar-refractivity contribution in [2.24, 2.45) is 0 Å². The summed E-state index contributed by atoms with van der Waals surface area (Å²) in [6, 6.07) is 4.91. The van der Waals surface area contributed by atoms with E-state index in [1.165, 1.54) is 4.90 Å². The summed E-state index contributed by atoms with van der Waals surface area (Å²) in [5.41, 5.74) is 7.37. The second-order valence-corrected chi connectivity index (χ2v) is 7.14. The van der Waals surface area contributed by atoms with Crippen LogP contribution in [0.15, 0.2) is 18.2 Å². The average Bonchev–Trinajstić information content (AvgIpc) is 2.40. The van der Waals surface area contributed by atoms with E-state index in [1.54, 1.807) is 39.2 Å². The van der Waals surface area contributed by atoms with Crippen molar-refractivity contribution in [3.8, 4) is 0 Å². The van der Waals surface area contributed by atoms with Crippen molar-refractivity contribution in [1.82, 2.24) is 4.90 Å². The molecule has 0 heterocycles. The van der Waals surface area contributed by atoms with Gasteiger partial charge in [-0.25, -0.2) is 8.42 Å². The fourth-order valence-corrected chi connectivity index (χ4v) is 2.29. The van der Waals surface area contributed by atoms with Crippen LogP contribution in [0.1, 0.15) is 17.3 Å². The molecule has 0 atom stereocenters. The number of hydrogen-bond acceptors (Lipinski definition) is 5. The number of carbonyl (C=O) groups is 1. The Morgan fingerprint density at radius 2 is 2.00 bits per heavy atom. The molecule has 0 unspecified atom stereocenters. The van der Waals surface area contributed by atoms with Crippen LogP contribution >= 0.6 is 0 Å². The molecular formula is C13H21N3O3S. The van der Waals surface area contributed by atoms with Crippen LogP contribution in [0, 0.1) is 0 Å². The van der Waals surface area contributed by atoms with Gasteiger partial charge in [0.2, 0.25) is 0 Å². The summed E-state index contributed by atoms with van der Waals surface area (Å²) in [5.74, 6) is 0.0206. The first-order valence-electron chi connectivity index (χ1n) is 6.32. The third-order valence-corrected chi connectivity index (χ3v) is 4.58. The Morgan fingerprint density at radius 3 is 2.55 bits per heavy atom. The first-order valence-corrected chi connectivity index (χ1v) is 8.14. The lowest BCUT2D eigenvalue weighted by Crippen LogP contribution is -2.22. The predicted molar refractivity (Wildman–Crippen MR) is 81.7 cm³/mol. The Kier molecular flexibility index (Phi) is 5.38. The highest BCUT2D eigenvalue weighted by Crippen LogP contribution is 2.20. The van der Waals surface area contributed by atoms with Gasteiger partial charge in [-0.05, 0) is 18.2 Å². The van der Waals surface area contributed by atoms with Crippen LogP contribution in [0.3, 0.4) is 0 Å². The van der Waals surface area contributed by atoms with Gasteiger partial charge in [0.1, 0.15) is 0 Å². The van der Waals surface area contributed by atoms with Crippen LogP contribution in [0.2, 0.25) is 0 Å². The van der Waals surface area contributed by atoms with Gasteiger partial charge in [-0.1, -0.05) is 6.92 Å². The third kappa shape index (κ3) is 4.41. The molecule has 1 aromatic rings. The van der Waals surface area contributed by atoms with Crippen molar-refractivity contribution in [3.05, 3.63) is 23.8 Å². The highest BCUT2D eigenvalue weighted by molar-refractivity contribution is 7.91. The zero-order valence-corrected chi connectivity index (χ0v) is 12.8. The molecule has 0 spiro atoms. The lowest BCUT2D eigenvalue weighted by molar-refractivity contribution is 0.0827. The van der Waals surface area contributed by atoms with Crippen LogP contribution in [-0.4, -0.2) is 51.4 Å². The van der Waals surface area contributed by atoms with E-state index in [-0.39, 0.29) is 24.0 Å². The molecule has 0 bridgehead atoms. The molecule has 0 saturated heterocycles. The molecular weight excluding hydrogens is 278 g/mol. The normalized spacial score (nSPS) is 11.2. The van der Waals surface area contributed by atoms with Gasteiger partial charge < -0.3 is 16.0 Å². The summed E-state index contributed by atoms with van der Waals surface area (Å²) in [6.07, 6.45) is 0. The topological polar surface area (TPSA) is 92.5 Å². The highest BCUT2D eigenvalue weighted by atomic mass is 32.2. The number of nitrogens with one attached hydrogen (secondary N) is 1. The Labute approximate surface area is 119 Å². The van der Waals surface area contributed by atoms with Crippen molar-refractivity contribution < 1.29 is 13.2 Å². The van der Waals surface area contributed by atoms with Crippen LogP contribution in [0.5, 0.6) is 0 Å². The van der Waals surface area contributed by atoms with Crippen molar-refractivity contribution in [3.63, 3.8) is 0 Å². The summed E-state index contributed by atoms with van der Waals surface area (Å²) >= 11 is 0. The number of nitrogen functional groups attached to an aromatic ring is 1. The maximum absolute atomic E-state index is 11.8. The number of nitrogens with zero attached hydrogens (tertiary/aromatic N) is 1. The molecule has 3 N–H and O–H groups in total. The monoisotopic (exact) mass is 299 g/mol. The molecule has 1 amide bonds. The van der Waals surface area contributed by atoms with Gasteiger partial charge in [-0.2, -0.15) is 0 Å². The molecule has 0 aliphatic carbocycles. The molecule has 0 saturated carbocycles. The summed E-state index contributed by atoms with van der Waals surface area (Å²) in [6.45, 7) is 1.88. The Hall–Kier alpha value is -1.76. The summed E-state index contributed by atoms with van der Waals surface area (Å²) in [5, 5.41) is 2.96. The lowest BCUT2D eigenvalue weighted by Gasteiger charge is -2.14. The van der Waals surface area contributed by atoms with Gasteiger partial charge in [-0.3, -0.25) is 4.79 Å². The smallest absolute Gasteiger partial charge is 0.253 e. The second kappa shape index (κ2) is 6.60. The molecule has 0 aliphatic rings. The first-order chi connectivity index (χ1) is 9.26. The number of carbonyl (C=O) groups excluding carboxylic acids is 1. The predicted octanol–water partition coefficient (Wildman–Crippen LogP) is 0.817. The number of anilines is 2. The number of nitrogens with two attached hydrogens (primary N) is 1. The lowest BCUT2D eigenvalue weighted by atomic mass is 10.1. The number of rotatable bonds is 6. The summed E-state index contributed by atoms with van der Waals surface area (Å²) < 4.78 is 22.8. The number of amides is 1. The Morgan fingerprint density at radius 1 is 1.35 bits per heavy atom. The molecule has 0 fully saturated rings. The maximum atomic E-state index is 11.8. The minimum absolute atomic E-state index is 0.0365. The third-order valence-electron chi connectivity index (χ3n) is 2.87. The van der Waals surface area contributed by atoms with E-state index in [4.69, 9.17) is 5.73 Å². The average molecular weight is 299 g/mol. The van der Waals surface area contributed by atoms with E-state index in [0.29, 0.717) is 16.9 Å². The van der Waals surface area contributed by atoms with Gasteiger partial charge >= 0.3 is 0 Å². The molecule has 0 aromatic heterocycles. The Bertz CT molecular complexity index is 583. The van der Waals surface area contributed by atoms with Crippen molar-refractivity contribution >= 4 is 27.1 Å². The molecule has 6 nitrogen and oxygen atoms in total. The molecule has 20 heavy (non-hydrogen) atoms. The van der Waals surface area contributed by atoms with Crippen molar-refractivity contribution in [1.29, 1.82) is 0 Å². The van der Waals surface area contributed by atoms with E-state index >= 15 is 0 Å². The van der Waals surface area contributed by atoms with Crippen LogP contribution < -0.4 is 11.1 Å². The fourth-order valence-electron chi connectivity index (χ4n) is 1.59. The molecule has 1 rings (SSSR count). The largest absolute Gasteiger partial charge is 0.397 e. The maximum Gasteiger partial charge on any atom is 0.253 e. The quantitative estimate of drug-likeness (QED) is 0.759. The zero-order valence-electron chi connectivity index (χ0n) is 12.0. The van der Waals surface area contributed by atoms with Gasteiger partial charge in [0, 0.05) is 32.0 Å². The minimum atomic E-state index is -3.02. The van der Waals surface area contributed by atoms with Crippen molar-refractivity contribution in [2.45, 2.75) is 6.92 Å².